The highest BCUT2D eigenvalue weighted by Crippen LogP contribution is 2.45. The maximum absolute atomic E-state index is 12.4. The number of nitrogens with zero attached hydrogens (tertiary/aromatic N) is 3. The van der Waals surface area contributed by atoms with E-state index in [1.807, 2.05) is 46.0 Å². The molecule has 1 spiro atoms. The molecule has 9 nitrogen and oxygen atoms in total. The number of benzene rings is 1. The van der Waals surface area contributed by atoms with Crippen LogP contribution in [0.1, 0.15) is 70.9 Å². The summed E-state index contributed by atoms with van der Waals surface area (Å²) in [4.78, 5) is 38.1. The van der Waals surface area contributed by atoms with E-state index in [-0.39, 0.29) is 29.4 Å². The molecule has 35 heavy (non-hydrogen) atoms. The lowest BCUT2D eigenvalue weighted by atomic mass is 9.68. The third-order valence-corrected chi connectivity index (χ3v) is 7.42. The van der Waals surface area contributed by atoms with Crippen LogP contribution in [0.2, 0.25) is 0 Å². The topological polar surface area (TPSA) is 103 Å². The standard InChI is InChI=1S/C26H34N4O5/c1-25(2,3)35-24(33)30-14-26(15-30)12-10-16(11-13-26)34-19-7-5-6-17-21(28-29(4)22(17)19)18-8-9-20(31)27-23(18)32/h5-7,16,18H,8-15H2,1-4H3,(H,27,31,32). The van der Waals surface area contributed by atoms with Gasteiger partial charge in [0.25, 0.3) is 0 Å². The Morgan fingerprint density at radius 1 is 1.14 bits per heavy atom. The van der Waals surface area contributed by atoms with Crippen molar-refractivity contribution >= 4 is 28.8 Å². The third kappa shape index (κ3) is 4.60. The summed E-state index contributed by atoms with van der Waals surface area (Å²) in [6.07, 6.45) is 4.53. The van der Waals surface area contributed by atoms with Gasteiger partial charge >= 0.3 is 6.09 Å². The van der Waals surface area contributed by atoms with Crippen molar-refractivity contribution in [3.05, 3.63) is 23.9 Å². The lowest BCUT2D eigenvalue weighted by Gasteiger charge is -2.53. The van der Waals surface area contributed by atoms with Crippen molar-refractivity contribution in [2.24, 2.45) is 12.5 Å². The summed E-state index contributed by atoms with van der Waals surface area (Å²) in [5.41, 5.74) is 1.26. The van der Waals surface area contributed by atoms with E-state index in [2.05, 4.69) is 10.4 Å². The molecule has 2 aliphatic heterocycles. The zero-order valence-corrected chi connectivity index (χ0v) is 20.9. The number of carbonyl (C=O) groups excluding carboxylic acids is 3. The number of para-hydroxylation sites is 1. The van der Waals surface area contributed by atoms with Crippen LogP contribution in [0.25, 0.3) is 10.9 Å². The highest BCUT2D eigenvalue weighted by Gasteiger charge is 2.48. The first-order valence-electron chi connectivity index (χ1n) is 12.5. The number of hydrogen-bond donors (Lipinski definition) is 1. The van der Waals surface area contributed by atoms with Crippen LogP contribution in [0.4, 0.5) is 4.79 Å². The Kier molecular flexibility index (Phi) is 5.76. The Balaban J connectivity index is 1.24. The summed E-state index contributed by atoms with van der Waals surface area (Å²) < 4.78 is 13.7. The quantitative estimate of drug-likeness (QED) is 0.670. The Hall–Kier alpha value is -3.10. The van der Waals surface area contributed by atoms with Crippen LogP contribution in [-0.2, 0) is 21.4 Å². The number of carbonyl (C=O) groups is 3. The number of nitrogens with one attached hydrogen (secondary N) is 1. The summed E-state index contributed by atoms with van der Waals surface area (Å²) in [5, 5.41) is 7.97. The fourth-order valence-electron chi connectivity index (χ4n) is 5.67. The molecule has 3 aliphatic rings. The molecule has 2 aromatic rings. The van der Waals surface area contributed by atoms with Gasteiger partial charge in [0.1, 0.15) is 16.9 Å². The maximum Gasteiger partial charge on any atom is 0.410 e. The molecule has 1 saturated carbocycles. The zero-order valence-electron chi connectivity index (χ0n) is 20.9. The summed E-state index contributed by atoms with van der Waals surface area (Å²) in [6.45, 7) is 7.17. The summed E-state index contributed by atoms with van der Waals surface area (Å²) in [5.74, 6) is -0.189. The number of fused-ring (bicyclic) bond motifs is 1. The van der Waals surface area contributed by atoms with Gasteiger partial charge in [-0.25, -0.2) is 4.79 Å². The molecule has 1 aromatic carbocycles. The average molecular weight is 483 g/mol. The van der Waals surface area contributed by atoms with E-state index in [0.29, 0.717) is 18.5 Å². The molecule has 1 aliphatic carbocycles. The van der Waals surface area contributed by atoms with Crippen molar-refractivity contribution in [2.45, 2.75) is 76.9 Å². The molecule has 3 amide bonds. The Morgan fingerprint density at radius 3 is 2.51 bits per heavy atom. The molecule has 3 heterocycles. The second kappa shape index (κ2) is 8.53. The predicted octanol–water partition coefficient (Wildman–Crippen LogP) is 3.65. The highest BCUT2D eigenvalue weighted by molar-refractivity contribution is 6.02. The number of ether oxygens (including phenoxy) is 2. The average Bonchev–Trinajstić information content (AvgIpc) is 3.09. The van der Waals surface area contributed by atoms with Gasteiger partial charge in [-0.2, -0.15) is 5.10 Å². The van der Waals surface area contributed by atoms with E-state index in [9.17, 15) is 14.4 Å². The highest BCUT2D eigenvalue weighted by atomic mass is 16.6. The molecular formula is C26H34N4O5. The molecule has 3 fully saturated rings. The molecule has 188 valence electrons. The zero-order chi connectivity index (χ0) is 25.0. The normalized spacial score (nSPS) is 22.7. The van der Waals surface area contributed by atoms with Crippen LogP contribution in [0.15, 0.2) is 18.2 Å². The predicted molar refractivity (Wildman–Crippen MR) is 129 cm³/mol. The number of likely N-dealkylation sites (tertiary alicyclic amines) is 1. The SMILES string of the molecule is Cn1nc(C2CCC(=O)NC2=O)c2cccc(OC3CCC4(CC3)CN(C(=O)OC(C)(C)C)C4)c21. The van der Waals surface area contributed by atoms with Crippen LogP contribution in [0.5, 0.6) is 5.75 Å². The first-order valence-corrected chi connectivity index (χ1v) is 12.5. The van der Waals surface area contributed by atoms with E-state index in [1.54, 1.807) is 9.58 Å². The molecular weight excluding hydrogens is 448 g/mol. The fraction of sp³-hybridized carbons (Fsp3) is 0.615. The van der Waals surface area contributed by atoms with Crippen LogP contribution in [-0.4, -0.2) is 57.4 Å². The largest absolute Gasteiger partial charge is 0.488 e. The molecule has 5 rings (SSSR count). The van der Waals surface area contributed by atoms with Gasteiger partial charge in [0, 0.05) is 37.4 Å². The van der Waals surface area contributed by atoms with Crippen LogP contribution >= 0.6 is 0 Å². The van der Waals surface area contributed by atoms with E-state index >= 15 is 0 Å². The fourth-order valence-corrected chi connectivity index (χ4v) is 5.67. The second-order valence-corrected chi connectivity index (χ2v) is 11.3. The van der Waals surface area contributed by atoms with Gasteiger partial charge in [-0.3, -0.25) is 19.6 Å². The van der Waals surface area contributed by atoms with E-state index in [0.717, 1.165) is 55.4 Å². The number of hydrogen-bond acceptors (Lipinski definition) is 6. The van der Waals surface area contributed by atoms with Crippen LogP contribution < -0.4 is 10.1 Å². The third-order valence-electron chi connectivity index (χ3n) is 7.42. The number of aryl methyl sites for hydroxylation is 1. The number of piperidine rings is 1. The lowest BCUT2D eigenvalue weighted by Crippen LogP contribution is -2.60. The summed E-state index contributed by atoms with van der Waals surface area (Å²) >= 11 is 0. The molecule has 1 atom stereocenters. The first-order chi connectivity index (χ1) is 16.5. The first kappa shape index (κ1) is 23.6. The van der Waals surface area contributed by atoms with Gasteiger partial charge in [-0.15, -0.1) is 0 Å². The second-order valence-electron chi connectivity index (χ2n) is 11.3. The Bertz CT molecular complexity index is 1160. The number of amides is 3. The van der Waals surface area contributed by atoms with Gasteiger partial charge in [0.15, 0.2) is 0 Å². The number of rotatable bonds is 3. The Morgan fingerprint density at radius 2 is 1.86 bits per heavy atom. The summed E-state index contributed by atoms with van der Waals surface area (Å²) in [7, 11) is 1.86. The van der Waals surface area contributed by atoms with Crippen LogP contribution in [0, 0.1) is 5.41 Å². The van der Waals surface area contributed by atoms with Crippen molar-refractivity contribution in [3.8, 4) is 5.75 Å². The number of aromatic nitrogens is 2. The van der Waals surface area contributed by atoms with Gasteiger partial charge in [-0.1, -0.05) is 12.1 Å². The van der Waals surface area contributed by atoms with Gasteiger partial charge in [0.2, 0.25) is 11.8 Å². The van der Waals surface area contributed by atoms with Gasteiger partial charge in [0.05, 0.1) is 17.7 Å². The molecule has 0 radical (unpaired) electrons. The van der Waals surface area contributed by atoms with E-state index in [1.165, 1.54) is 0 Å². The smallest absolute Gasteiger partial charge is 0.410 e. The maximum atomic E-state index is 12.4. The monoisotopic (exact) mass is 482 g/mol. The van der Waals surface area contributed by atoms with Crippen molar-refractivity contribution in [1.29, 1.82) is 0 Å². The molecule has 1 unspecified atom stereocenters. The van der Waals surface area contributed by atoms with Crippen LogP contribution in [0.3, 0.4) is 0 Å². The minimum absolute atomic E-state index is 0.0933. The molecule has 1 aromatic heterocycles. The molecule has 0 bridgehead atoms. The van der Waals surface area contributed by atoms with Gasteiger partial charge in [-0.05, 0) is 58.9 Å². The molecule has 9 heteroatoms. The summed E-state index contributed by atoms with van der Waals surface area (Å²) in [6, 6.07) is 5.85. The minimum Gasteiger partial charge on any atom is -0.488 e. The Labute approximate surface area is 205 Å². The van der Waals surface area contributed by atoms with E-state index < -0.39 is 11.5 Å². The molecule has 1 N–H and O–H groups in total. The van der Waals surface area contributed by atoms with Crippen molar-refractivity contribution in [3.63, 3.8) is 0 Å². The minimum atomic E-state index is -0.476. The van der Waals surface area contributed by atoms with Crippen molar-refractivity contribution in [2.75, 3.05) is 13.1 Å². The lowest BCUT2D eigenvalue weighted by molar-refractivity contribution is -0.134. The van der Waals surface area contributed by atoms with E-state index in [4.69, 9.17) is 9.47 Å². The molecule has 2 saturated heterocycles. The van der Waals surface area contributed by atoms with Crippen molar-refractivity contribution in [1.82, 2.24) is 20.0 Å². The number of imide groups is 1. The van der Waals surface area contributed by atoms with Gasteiger partial charge < -0.3 is 14.4 Å². The van der Waals surface area contributed by atoms with Crippen molar-refractivity contribution < 1.29 is 23.9 Å².